The first-order valence-electron chi connectivity index (χ1n) is 12.8. The molecule has 0 saturated heterocycles. The van der Waals surface area contributed by atoms with E-state index in [2.05, 4.69) is 22.2 Å². The summed E-state index contributed by atoms with van der Waals surface area (Å²) in [4.78, 5) is 23.5. The van der Waals surface area contributed by atoms with Crippen LogP contribution in [0.2, 0.25) is 0 Å². The fraction of sp³-hybridized carbons (Fsp3) is 0.615. The summed E-state index contributed by atoms with van der Waals surface area (Å²) in [7, 11) is 0. The molecule has 2 rings (SSSR count). The molecule has 1 atom stereocenters. The van der Waals surface area contributed by atoms with Crippen LogP contribution in [0.1, 0.15) is 38.5 Å². The van der Waals surface area contributed by atoms with Crippen LogP contribution in [-0.4, -0.2) is 77.6 Å². The molecule has 0 saturated carbocycles. The molecular weight excluding hydrogens is 530 g/mol. The number of hydrogen-bond acceptors (Lipinski definition) is 8. The Bertz CT molecular complexity index is 892. The van der Waals surface area contributed by atoms with Crippen molar-refractivity contribution >= 4 is 12.1 Å². The van der Waals surface area contributed by atoms with E-state index in [1.54, 1.807) is 0 Å². The van der Waals surface area contributed by atoms with Crippen LogP contribution >= 0.6 is 0 Å². The zero-order chi connectivity index (χ0) is 28.3. The molecule has 1 unspecified atom stereocenters. The fourth-order valence-corrected chi connectivity index (χ4v) is 3.38. The molecule has 0 spiro atoms. The van der Waals surface area contributed by atoms with E-state index in [1.165, 1.54) is 0 Å². The number of nitrogens with one attached hydrogen (secondary N) is 1. The molecule has 1 aliphatic carbocycles. The van der Waals surface area contributed by atoms with Gasteiger partial charge in [0.05, 0.1) is 59.3 Å². The van der Waals surface area contributed by atoms with Gasteiger partial charge < -0.3 is 33.7 Å². The van der Waals surface area contributed by atoms with Gasteiger partial charge in [-0.3, -0.25) is 4.79 Å². The molecular formula is C26H35F4NO8. The van der Waals surface area contributed by atoms with E-state index >= 15 is 0 Å². The third-order valence-corrected chi connectivity index (χ3v) is 5.36. The molecule has 0 radical (unpaired) electrons. The van der Waals surface area contributed by atoms with Crippen LogP contribution in [-0.2, 0) is 28.5 Å². The summed E-state index contributed by atoms with van der Waals surface area (Å²) in [6.07, 6.45) is 8.04. The van der Waals surface area contributed by atoms with Gasteiger partial charge in [-0.05, 0) is 32.1 Å². The molecule has 13 heteroatoms. The standard InChI is InChI=1S/C26H35F4NO8/c27-20-18-21(28)24(30)25(23(20)29)39-22(32)8-10-34-12-14-36-16-17-37-15-13-35-11-9-31-26(33)38-19-6-4-2-1-3-5-7-19/h1-2,18-19H,3-17H2,(H,31,33). The van der Waals surface area contributed by atoms with Crippen molar-refractivity contribution in [2.45, 2.75) is 44.6 Å². The topological polar surface area (TPSA) is 102 Å². The molecule has 1 amide bonds. The Morgan fingerprint density at radius 3 is 1.97 bits per heavy atom. The van der Waals surface area contributed by atoms with Crippen LogP contribution in [0.15, 0.2) is 18.2 Å². The minimum absolute atomic E-state index is 0.0164. The fourth-order valence-electron chi connectivity index (χ4n) is 3.38. The number of rotatable bonds is 17. The lowest BCUT2D eigenvalue weighted by Gasteiger charge is -2.18. The van der Waals surface area contributed by atoms with E-state index in [0.717, 1.165) is 32.1 Å². The molecule has 0 fully saturated rings. The largest absolute Gasteiger partial charge is 0.446 e. The third-order valence-electron chi connectivity index (χ3n) is 5.36. The lowest BCUT2D eigenvalue weighted by molar-refractivity contribution is -0.136. The van der Waals surface area contributed by atoms with E-state index in [-0.39, 0.29) is 32.0 Å². The summed E-state index contributed by atoms with van der Waals surface area (Å²) < 4.78 is 84.1. The second-order valence-electron chi connectivity index (χ2n) is 8.40. The van der Waals surface area contributed by atoms with Crippen molar-refractivity contribution in [3.63, 3.8) is 0 Å². The van der Waals surface area contributed by atoms with Gasteiger partial charge in [-0.25, -0.2) is 13.6 Å². The van der Waals surface area contributed by atoms with Crippen molar-refractivity contribution in [1.29, 1.82) is 0 Å². The number of benzene rings is 1. The Balaban J connectivity index is 1.36. The van der Waals surface area contributed by atoms with Crippen molar-refractivity contribution < 1.29 is 55.6 Å². The number of esters is 1. The van der Waals surface area contributed by atoms with Gasteiger partial charge in [0.25, 0.3) is 0 Å². The van der Waals surface area contributed by atoms with Gasteiger partial charge in [-0.15, -0.1) is 0 Å². The molecule has 0 aliphatic heterocycles. The van der Waals surface area contributed by atoms with Crippen molar-refractivity contribution in [2.24, 2.45) is 0 Å². The number of hydrogen-bond donors (Lipinski definition) is 1. The minimum Gasteiger partial charge on any atom is -0.446 e. The summed E-state index contributed by atoms with van der Waals surface area (Å²) in [6.45, 7) is 2.14. The maximum Gasteiger partial charge on any atom is 0.407 e. The number of alkyl carbamates (subject to hydrolysis) is 1. The third kappa shape index (κ3) is 13.8. The molecule has 1 aliphatic rings. The number of carbonyl (C=O) groups is 2. The van der Waals surface area contributed by atoms with Crippen LogP contribution in [0.25, 0.3) is 0 Å². The quantitative estimate of drug-likeness (QED) is 0.0749. The highest BCUT2D eigenvalue weighted by atomic mass is 19.2. The van der Waals surface area contributed by atoms with Crippen molar-refractivity contribution in [2.75, 3.05) is 59.4 Å². The minimum atomic E-state index is -1.79. The van der Waals surface area contributed by atoms with Crippen molar-refractivity contribution in [1.82, 2.24) is 5.32 Å². The lowest BCUT2D eigenvalue weighted by atomic mass is 10.0. The smallest absolute Gasteiger partial charge is 0.407 e. The van der Waals surface area contributed by atoms with Gasteiger partial charge >= 0.3 is 12.1 Å². The second kappa shape index (κ2) is 19.3. The van der Waals surface area contributed by atoms with E-state index in [9.17, 15) is 27.2 Å². The molecule has 1 N–H and O–H groups in total. The lowest BCUT2D eigenvalue weighted by Crippen LogP contribution is -2.31. The molecule has 39 heavy (non-hydrogen) atoms. The Kier molecular flexibility index (Phi) is 16.1. The average molecular weight is 566 g/mol. The highest BCUT2D eigenvalue weighted by molar-refractivity contribution is 5.72. The molecule has 0 heterocycles. The van der Waals surface area contributed by atoms with E-state index < -0.39 is 47.5 Å². The van der Waals surface area contributed by atoms with E-state index in [4.69, 9.17) is 23.7 Å². The maximum atomic E-state index is 13.5. The van der Waals surface area contributed by atoms with Crippen LogP contribution in [0.5, 0.6) is 5.75 Å². The first-order chi connectivity index (χ1) is 18.9. The Morgan fingerprint density at radius 2 is 1.33 bits per heavy atom. The number of halogens is 4. The van der Waals surface area contributed by atoms with Gasteiger partial charge in [-0.1, -0.05) is 12.2 Å². The predicted octanol–water partition coefficient (Wildman–Crippen LogP) is 4.22. The number of amides is 1. The van der Waals surface area contributed by atoms with Crippen molar-refractivity contribution in [3.8, 4) is 5.75 Å². The molecule has 1 aromatic rings. The summed E-state index contributed by atoms with van der Waals surface area (Å²) in [5.74, 6) is -9.48. The van der Waals surface area contributed by atoms with Gasteiger partial charge in [0, 0.05) is 12.6 Å². The summed E-state index contributed by atoms with van der Waals surface area (Å²) >= 11 is 0. The highest BCUT2D eigenvalue weighted by Gasteiger charge is 2.23. The second-order valence-corrected chi connectivity index (χ2v) is 8.40. The predicted molar refractivity (Wildman–Crippen MR) is 130 cm³/mol. The summed E-state index contributed by atoms with van der Waals surface area (Å²) in [5.41, 5.74) is 0. The summed E-state index contributed by atoms with van der Waals surface area (Å²) in [6, 6.07) is 0.0164. The van der Waals surface area contributed by atoms with Crippen molar-refractivity contribution in [3.05, 3.63) is 41.5 Å². The van der Waals surface area contributed by atoms with Gasteiger partial charge in [0.15, 0.2) is 11.6 Å². The number of ether oxygens (including phenoxy) is 6. The summed E-state index contributed by atoms with van der Waals surface area (Å²) in [5, 5.41) is 2.67. The normalized spacial score (nSPS) is 15.4. The molecule has 9 nitrogen and oxygen atoms in total. The van der Waals surface area contributed by atoms with Gasteiger partial charge in [-0.2, -0.15) is 8.78 Å². The van der Waals surface area contributed by atoms with Crippen LogP contribution in [0.3, 0.4) is 0 Å². The van der Waals surface area contributed by atoms with Gasteiger partial charge in [0.2, 0.25) is 17.4 Å². The van der Waals surface area contributed by atoms with E-state index in [0.29, 0.717) is 39.6 Å². The molecule has 220 valence electrons. The molecule has 0 aromatic heterocycles. The van der Waals surface area contributed by atoms with Crippen LogP contribution in [0, 0.1) is 23.3 Å². The molecule has 0 bridgehead atoms. The Morgan fingerprint density at radius 1 is 0.769 bits per heavy atom. The average Bonchev–Trinajstić information content (AvgIpc) is 2.89. The number of allylic oxidation sites excluding steroid dienone is 2. The van der Waals surface area contributed by atoms with E-state index in [1.807, 2.05) is 0 Å². The SMILES string of the molecule is O=C(CCOCCOCCOCCOCCNC(=O)OC1CCC=CCCC1)Oc1c(F)c(F)cc(F)c1F. The molecule has 1 aromatic carbocycles. The van der Waals surface area contributed by atoms with Crippen LogP contribution < -0.4 is 10.1 Å². The Labute approximate surface area is 224 Å². The highest BCUT2D eigenvalue weighted by Crippen LogP contribution is 2.26. The number of carbonyl (C=O) groups excluding carboxylic acids is 2. The first-order valence-corrected chi connectivity index (χ1v) is 12.8. The monoisotopic (exact) mass is 565 g/mol. The first kappa shape index (κ1) is 32.5. The van der Waals surface area contributed by atoms with Crippen LogP contribution in [0.4, 0.5) is 22.4 Å². The Hall–Kier alpha value is -2.74. The maximum absolute atomic E-state index is 13.5. The van der Waals surface area contributed by atoms with Gasteiger partial charge in [0.1, 0.15) is 6.10 Å². The zero-order valence-electron chi connectivity index (χ0n) is 21.7. The zero-order valence-corrected chi connectivity index (χ0v) is 21.7.